The van der Waals surface area contributed by atoms with E-state index < -0.39 is 0 Å². The van der Waals surface area contributed by atoms with E-state index in [1.807, 2.05) is 0 Å². The van der Waals surface area contributed by atoms with Gasteiger partial charge in [0.15, 0.2) is 0 Å². The van der Waals surface area contributed by atoms with Crippen LogP contribution < -0.4 is 5.73 Å². The van der Waals surface area contributed by atoms with Gasteiger partial charge in [-0.15, -0.1) is 0 Å². The van der Waals surface area contributed by atoms with Crippen molar-refractivity contribution < 1.29 is 0 Å². The maximum atomic E-state index is 6.32. The second kappa shape index (κ2) is 5.27. The second-order valence-corrected chi connectivity index (χ2v) is 7.21. The van der Waals surface area contributed by atoms with Gasteiger partial charge in [0, 0.05) is 18.6 Å². The molecule has 0 saturated heterocycles. The fraction of sp³-hybridized carbons (Fsp3) is 1.00. The van der Waals surface area contributed by atoms with Crippen molar-refractivity contribution in [1.82, 2.24) is 4.90 Å². The third kappa shape index (κ3) is 3.45. The Morgan fingerprint density at radius 1 is 1.18 bits per heavy atom. The van der Waals surface area contributed by atoms with Crippen LogP contribution in [0.3, 0.4) is 0 Å². The van der Waals surface area contributed by atoms with Crippen molar-refractivity contribution in [3.63, 3.8) is 0 Å². The number of hydrogen-bond donors (Lipinski definition) is 1. The van der Waals surface area contributed by atoms with Gasteiger partial charge in [-0.25, -0.2) is 0 Å². The van der Waals surface area contributed by atoms with Crippen molar-refractivity contribution in [2.24, 2.45) is 17.1 Å². The van der Waals surface area contributed by atoms with Crippen LogP contribution in [0.25, 0.3) is 0 Å². The maximum Gasteiger partial charge on any atom is 0.00923 e. The van der Waals surface area contributed by atoms with E-state index in [1.54, 1.807) is 0 Å². The summed E-state index contributed by atoms with van der Waals surface area (Å²) in [5.74, 6) is 0.712. The highest BCUT2D eigenvalue weighted by molar-refractivity contribution is 4.89. The molecule has 2 rings (SSSR count). The summed E-state index contributed by atoms with van der Waals surface area (Å²) in [6.07, 6.45) is 9.50. The van der Waals surface area contributed by atoms with Gasteiger partial charge in [-0.3, -0.25) is 0 Å². The normalized spacial score (nSPS) is 34.4. The average molecular weight is 238 g/mol. The summed E-state index contributed by atoms with van der Waals surface area (Å²) in [6, 6.07) is 1.28. The lowest BCUT2D eigenvalue weighted by molar-refractivity contribution is 0.108. The Kier molecular flexibility index (Phi) is 4.14. The summed E-state index contributed by atoms with van der Waals surface area (Å²) in [7, 11) is 2.31. The minimum absolute atomic E-state index is 0.437. The first-order valence-electron chi connectivity index (χ1n) is 7.44. The zero-order valence-electron chi connectivity index (χ0n) is 11.9. The molecule has 2 fully saturated rings. The third-order valence-electron chi connectivity index (χ3n) is 5.05. The zero-order valence-corrected chi connectivity index (χ0v) is 11.9. The summed E-state index contributed by atoms with van der Waals surface area (Å²) >= 11 is 0. The van der Waals surface area contributed by atoms with Gasteiger partial charge in [0.25, 0.3) is 0 Å². The largest absolute Gasteiger partial charge is 0.327 e. The van der Waals surface area contributed by atoms with Crippen LogP contribution in [0.15, 0.2) is 0 Å². The van der Waals surface area contributed by atoms with Crippen molar-refractivity contribution in [3.8, 4) is 0 Å². The third-order valence-corrected chi connectivity index (χ3v) is 5.05. The first-order chi connectivity index (χ1) is 7.98. The van der Waals surface area contributed by atoms with Gasteiger partial charge < -0.3 is 10.6 Å². The van der Waals surface area contributed by atoms with Gasteiger partial charge in [-0.1, -0.05) is 26.7 Å². The van der Waals surface area contributed by atoms with Crippen molar-refractivity contribution in [3.05, 3.63) is 0 Å². The molecule has 2 saturated carbocycles. The quantitative estimate of drug-likeness (QED) is 0.819. The van der Waals surface area contributed by atoms with E-state index in [-0.39, 0.29) is 0 Å². The maximum absolute atomic E-state index is 6.32. The first-order valence-corrected chi connectivity index (χ1v) is 7.44. The lowest BCUT2D eigenvalue weighted by Crippen LogP contribution is -2.46. The van der Waals surface area contributed by atoms with Crippen molar-refractivity contribution in [2.75, 3.05) is 13.6 Å². The summed E-state index contributed by atoms with van der Waals surface area (Å²) in [5.41, 5.74) is 6.83. The number of nitrogens with zero attached hydrogens (tertiary/aromatic N) is 1. The molecule has 2 heteroatoms. The fourth-order valence-corrected chi connectivity index (χ4v) is 3.82. The van der Waals surface area contributed by atoms with Gasteiger partial charge in [-0.2, -0.15) is 0 Å². The van der Waals surface area contributed by atoms with Crippen LogP contribution in [0.4, 0.5) is 0 Å². The highest BCUT2D eigenvalue weighted by Gasteiger charge is 2.34. The molecule has 2 aliphatic carbocycles. The molecule has 2 N–H and O–H groups in total. The van der Waals surface area contributed by atoms with E-state index >= 15 is 0 Å². The van der Waals surface area contributed by atoms with E-state index in [1.165, 1.54) is 51.5 Å². The molecule has 2 atom stereocenters. The van der Waals surface area contributed by atoms with Gasteiger partial charge in [0.05, 0.1) is 0 Å². The van der Waals surface area contributed by atoms with Crippen molar-refractivity contribution in [1.29, 1.82) is 0 Å². The SMILES string of the molecule is CN(CC1CC(C)(C)CCC1N)C1CCCC1. The summed E-state index contributed by atoms with van der Waals surface area (Å²) in [4.78, 5) is 2.60. The fourth-order valence-electron chi connectivity index (χ4n) is 3.82. The van der Waals surface area contributed by atoms with E-state index in [2.05, 4.69) is 25.8 Å². The zero-order chi connectivity index (χ0) is 12.5. The Morgan fingerprint density at radius 2 is 1.82 bits per heavy atom. The number of hydrogen-bond acceptors (Lipinski definition) is 2. The van der Waals surface area contributed by atoms with Crippen LogP contribution in [0.5, 0.6) is 0 Å². The summed E-state index contributed by atoms with van der Waals surface area (Å²) in [6.45, 7) is 6.03. The predicted molar refractivity (Wildman–Crippen MR) is 74.0 cm³/mol. The van der Waals surface area contributed by atoms with E-state index in [4.69, 9.17) is 5.73 Å². The molecule has 0 spiro atoms. The molecule has 0 bridgehead atoms. The van der Waals surface area contributed by atoms with Gasteiger partial charge in [0.1, 0.15) is 0 Å². The molecule has 2 nitrogen and oxygen atoms in total. The minimum Gasteiger partial charge on any atom is -0.327 e. The monoisotopic (exact) mass is 238 g/mol. The van der Waals surface area contributed by atoms with Crippen LogP contribution in [-0.2, 0) is 0 Å². The van der Waals surface area contributed by atoms with Crippen LogP contribution in [0.1, 0.15) is 58.8 Å². The van der Waals surface area contributed by atoms with Gasteiger partial charge in [-0.05, 0) is 50.5 Å². The molecule has 0 heterocycles. The smallest absolute Gasteiger partial charge is 0.00923 e. The second-order valence-electron chi connectivity index (χ2n) is 7.21. The lowest BCUT2D eigenvalue weighted by Gasteiger charge is -2.41. The Hall–Kier alpha value is -0.0800. The Labute approximate surface area is 107 Å². The van der Waals surface area contributed by atoms with Crippen LogP contribution in [0.2, 0.25) is 0 Å². The molecule has 100 valence electrons. The molecule has 2 aliphatic rings. The van der Waals surface area contributed by atoms with Gasteiger partial charge in [0.2, 0.25) is 0 Å². The molecular formula is C15H30N2. The summed E-state index contributed by atoms with van der Waals surface area (Å²) < 4.78 is 0. The van der Waals surface area contributed by atoms with Crippen molar-refractivity contribution in [2.45, 2.75) is 70.9 Å². The molecule has 2 unspecified atom stereocenters. The Balaban J connectivity index is 1.87. The first kappa shape index (κ1) is 13.4. The minimum atomic E-state index is 0.437. The molecular weight excluding hydrogens is 208 g/mol. The molecule has 17 heavy (non-hydrogen) atoms. The molecule has 0 aromatic heterocycles. The topological polar surface area (TPSA) is 29.3 Å². The summed E-state index contributed by atoms with van der Waals surface area (Å²) in [5, 5.41) is 0. The van der Waals surface area contributed by atoms with E-state index in [0.717, 1.165) is 6.04 Å². The van der Waals surface area contributed by atoms with Crippen LogP contribution in [0, 0.1) is 11.3 Å². The van der Waals surface area contributed by atoms with Crippen molar-refractivity contribution >= 4 is 0 Å². The number of rotatable bonds is 3. The predicted octanol–water partition coefficient (Wildman–Crippen LogP) is 3.01. The lowest BCUT2D eigenvalue weighted by atomic mass is 9.70. The van der Waals surface area contributed by atoms with Gasteiger partial charge >= 0.3 is 0 Å². The standard InChI is InChI=1S/C15H30N2/c1-15(2)9-8-14(16)12(10-15)11-17(3)13-6-4-5-7-13/h12-14H,4-11,16H2,1-3H3. The molecule has 0 aliphatic heterocycles. The molecule has 0 aromatic carbocycles. The van der Waals surface area contributed by atoms with Crippen LogP contribution >= 0.6 is 0 Å². The highest BCUT2D eigenvalue weighted by Crippen LogP contribution is 2.38. The molecule has 0 amide bonds. The van der Waals surface area contributed by atoms with E-state index in [0.29, 0.717) is 17.4 Å². The highest BCUT2D eigenvalue weighted by atomic mass is 15.1. The molecule has 0 aromatic rings. The van der Waals surface area contributed by atoms with E-state index in [9.17, 15) is 0 Å². The Morgan fingerprint density at radius 3 is 2.47 bits per heavy atom. The molecule has 0 radical (unpaired) electrons. The average Bonchev–Trinajstić information content (AvgIpc) is 2.76. The van der Waals surface area contributed by atoms with Crippen LogP contribution in [-0.4, -0.2) is 30.6 Å². The number of nitrogens with two attached hydrogens (primary N) is 1. The Bertz CT molecular complexity index is 243.